The van der Waals surface area contributed by atoms with Crippen LogP contribution in [0.25, 0.3) is 0 Å². The fourth-order valence-electron chi connectivity index (χ4n) is 6.34. The zero-order chi connectivity index (χ0) is 42.3. The molecule has 58 heavy (non-hydrogen) atoms. The summed E-state index contributed by atoms with van der Waals surface area (Å²) >= 11 is 0. The van der Waals surface area contributed by atoms with Gasteiger partial charge in [-0.3, -0.25) is 14.4 Å². The lowest BCUT2D eigenvalue weighted by molar-refractivity contribution is -0.167. The molecule has 0 saturated carbocycles. The molecule has 0 saturated heterocycles. The molecule has 6 nitrogen and oxygen atoms in total. The van der Waals surface area contributed by atoms with Gasteiger partial charge in [-0.1, -0.05) is 184 Å². The van der Waals surface area contributed by atoms with Crippen molar-refractivity contribution in [3.05, 3.63) is 72.9 Å². The second-order valence-electron chi connectivity index (χ2n) is 15.6. The first kappa shape index (κ1) is 54.9. The molecule has 0 radical (unpaired) electrons. The molecule has 0 bridgehead atoms. The molecule has 0 aliphatic heterocycles. The Morgan fingerprint density at radius 1 is 0.362 bits per heavy atom. The molecule has 332 valence electrons. The fraction of sp³-hybridized carbons (Fsp3) is 0.712. The summed E-state index contributed by atoms with van der Waals surface area (Å²) in [6.07, 6.45) is 57.7. The number of hydrogen-bond acceptors (Lipinski definition) is 6. The van der Waals surface area contributed by atoms with Crippen LogP contribution in [0.1, 0.15) is 220 Å². The van der Waals surface area contributed by atoms with E-state index < -0.39 is 6.10 Å². The van der Waals surface area contributed by atoms with Gasteiger partial charge in [-0.2, -0.15) is 0 Å². The Morgan fingerprint density at radius 3 is 1.07 bits per heavy atom. The third-order valence-corrected chi connectivity index (χ3v) is 9.95. The van der Waals surface area contributed by atoms with Crippen LogP contribution in [0.15, 0.2) is 72.9 Å². The molecule has 0 aromatic heterocycles. The van der Waals surface area contributed by atoms with E-state index in [4.69, 9.17) is 14.2 Å². The Morgan fingerprint density at radius 2 is 0.672 bits per heavy atom. The summed E-state index contributed by atoms with van der Waals surface area (Å²) in [5.41, 5.74) is 0. The van der Waals surface area contributed by atoms with Gasteiger partial charge in [-0.15, -0.1) is 0 Å². The van der Waals surface area contributed by atoms with E-state index in [0.29, 0.717) is 19.3 Å². The summed E-state index contributed by atoms with van der Waals surface area (Å²) < 4.78 is 16.6. The van der Waals surface area contributed by atoms with Crippen molar-refractivity contribution < 1.29 is 28.6 Å². The second-order valence-corrected chi connectivity index (χ2v) is 15.6. The van der Waals surface area contributed by atoms with E-state index in [1.807, 2.05) is 0 Å². The number of rotatable bonds is 42. The number of esters is 3. The predicted molar refractivity (Wildman–Crippen MR) is 247 cm³/mol. The van der Waals surface area contributed by atoms with Gasteiger partial charge in [0, 0.05) is 19.3 Å². The van der Waals surface area contributed by atoms with Crippen LogP contribution in [-0.4, -0.2) is 37.2 Å². The summed E-state index contributed by atoms with van der Waals surface area (Å²) in [5, 5.41) is 0. The molecule has 0 spiro atoms. The highest BCUT2D eigenvalue weighted by Gasteiger charge is 2.19. The molecule has 6 heteroatoms. The average molecular weight is 809 g/mol. The molecule has 0 aromatic rings. The Labute approximate surface area is 357 Å². The molecule has 0 fully saturated rings. The van der Waals surface area contributed by atoms with E-state index in [2.05, 4.69) is 93.7 Å². The van der Waals surface area contributed by atoms with Gasteiger partial charge in [0.05, 0.1) is 0 Å². The monoisotopic (exact) mass is 809 g/mol. The second kappa shape index (κ2) is 46.5. The van der Waals surface area contributed by atoms with Gasteiger partial charge in [0.25, 0.3) is 0 Å². The summed E-state index contributed by atoms with van der Waals surface area (Å²) in [6.45, 7) is 6.39. The van der Waals surface area contributed by atoms with Crippen LogP contribution in [0.3, 0.4) is 0 Å². The lowest BCUT2D eigenvalue weighted by Crippen LogP contribution is -2.30. The summed E-state index contributed by atoms with van der Waals surface area (Å²) in [5.74, 6) is -0.932. The first-order valence-corrected chi connectivity index (χ1v) is 23.9. The van der Waals surface area contributed by atoms with E-state index in [0.717, 1.165) is 122 Å². The van der Waals surface area contributed by atoms with Crippen molar-refractivity contribution in [2.24, 2.45) is 0 Å². The highest BCUT2D eigenvalue weighted by molar-refractivity contribution is 5.71. The van der Waals surface area contributed by atoms with E-state index >= 15 is 0 Å². The lowest BCUT2D eigenvalue weighted by atomic mass is 10.1. The van der Waals surface area contributed by atoms with Crippen LogP contribution in [0.5, 0.6) is 0 Å². The number of carbonyl (C=O) groups is 3. The normalized spacial score (nSPS) is 12.7. The molecule has 0 aliphatic carbocycles. The standard InChI is InChI=1S/C52H88O6/c1-4-7-10-13-15-17-19-21-23-25-26-27-29-30-32-34-36-39-42-45-51(54)57-48-49(47-56-50(53)44-41-38-12-9-6-3)58-52(55)46-43-40-37-35-33-31-28-24-22-20-18-16-14-11-8-5-2/h7,10,15,17-18,20-21,23-24,26-28,49H,4-6,8-9,11-14,16,19,22,25,29-48H2,1-3H3/b10-7-,17-15-,20-18-,23-21-,27-26-,28-24-. The highest BCUT2D eigenvalue weighted by atomic mass is 16.6. The van der Waals surface area contributed by atoms with Gasteiger partial charge in [-0.25, -0.2) is 0 Å². The van der Waals surface area contributed by atoms with Gasteiger partial charge in [-0.05, 0) is 89.9 Å². The number of allylic oxidation sites excluding steroid dienone is 12. The van der Waals surface area contributed by atoms with Crippen molar-refractivity contribution in [2.45, 2.75) is 226 Å². The first-order chi connectivity index (χ1) is 28.5. The van der Waals surface area contributed by atoms with E-state index in [1.165, 1.54) is 57.8 Å². The maximum absolute atomic E-state index is 12.7. The smallest absolute Gasteiger partial charge is 0.306 e. The summed E-state index contributed by atoms with van der Waals surface area (Å²) in [7, 11) is 0. The average Bonchev–Trinajstić information content (AvgIpc) is 3.22. The molecule has 0 aromatic carbocycles. The van der Waals surface area contributed by atoms with E-state index in [-0.39, 0.29) is 31.1 Å². The topological polar surface area (TPSA) is 78.9 Å². The van der Waals surface area contributed by atoms with Crippen molar-refractivity contribution in [2.75, 3.05) is 13.2 Å². The van der Waals surface area contributed by atoms with E-state index in [1.54, 1.807) is 0 Å². The van der Waals surface area contributed by atoms with Crippen LogP contribution in [0, 0.1) is 0 Å². The minimum Gasteiger partial charge on any atom is -0.462 e. The van der Waals surface area contributed by atoms with Crippen molar-refractivity contribution in [1.82, 2.24) is 0 Å². The molecular weight excluding hydrogens is 721 g/mol. The first-order valence-electron chi connectivity index (χ1n) is 23.9. The quantitative estimate of drug-likeness (QED) is 0.0264. The van der Waals surface area contributed by atoms with Crippen molar-refractivity contribution >= 4 is 17.9 Å². The third-order valence-electron chi connectivity index (χ3n) is 9.95. The van der Waals surface area contributed by atoms with Gasteiger partial charge in [0.2, 0.25) is 0 Å². The zero-order valence-electron chi connectivity index (χ0n) is 37.8. The van der Waals surface area contributed by atoms with Crippen LogP contribution >= 0.6 is 0 Å². The predicted octanol–water partition coefficient (Wildman–Crippen LogP) is 15.5. The molecule has 0 heterocycles. The maximum atomic E-state index is 12.7. The Kier molecular flexibility index (Phi) is 44.0. The van der Waals surface area contributed by atoms with Gasteiger partial charge in [0.15, 0.2) is 6.10 Å². The maximum Gasteiger partial charge on any atom is 0.306 e. The van der Waals surface area contributed by atoms with Crippen LogP contribution in [-0.2, 0) is 28.6 Å². The van der Waals surface area contributed by atoms with Crippen LogP contribution in [0.4, 0.5) is 0 Å². The van der Waals surface area contributed by atoms with Gasteiger partial charge < -0.3 is 14.2 Å². The molecular formula is C52H88O6. The van der Waals surface area contributed by atoms with Gasteiger partial charge in [0.1, 0.15) is 13.2 Å². The third kappa shape index (κ3) is 44.0. The van der Waals surface area contributed by atoms with E-state index in [9.17, 15) is 14.4 Å². The van der Waals surface area contributed by atoms with Crippen molar-refractivity contribution in [3.8, 4) is 0 Å². The van der Waals surface area contributed by atoms with Crippen LogP contribution in [0.2, 0.25) is 0 Å². The SMILES string of the molecule is CC/C=C\C/C=C\C/C=C\C/C=C\CCCCCCCCC(=O)OCC(COC(=O)CCCCCCC)OC(=O)CCCCCCC/C=C\C/C=C\CCCCCC. The Balaban J connectivity index is 4.26. The number of ether oxygens (including phenoxy) is 3. The highest BCUT2D eigenvalue weighted by Crippen LogP contribution is 2.13. The molecule has 1 atom stereocenters. The van der Waals surface area contributed by atoms with Gasteiger partial charge >= 0.3 is 17.9 Å². The zero-order valence-corrected chi connectivity index (χ0v) is 37.8. The number of carbonyl (C=O) groups excluding carboxylic acids is 3. The molecule has 0 amide bonds. The van der Waals surface area contributed by atoms with Crippen molar-refractivity contribution in [3.63, 3.8) is 0 Å². The number of unbranched alkanes of at least 4 members (excludes halogenated alkanes) is 19. The minimum absolute atomic E-state index is 0.0873. The lowest BCUT2D eigenvalue weighted by Gasteiger charge is -2.18. The summed E-state index contributed by atoms with van der Waals surface area (Å²) in [6, 6.07) is 0. The molecule has 0 N–H and O–H groups in total. The molecule has 0 rings (SSSR count). The molecule has 0 aliphatic rings. The Hall–Kier alpha value is -3.15. The fourth-order valence-corrected chi connectivity index (χ4v) is 6.34. The molecule has 1 unspecified atom stereocenters. The van der Waals surface area contributed by atoms with Crippen LogP contribution < -0.4 is 0 Å². The Bertz CT molecular complexity index is 1110. The number of hydrogen-bond donors (Lipinski definition) is 0. The largest absolute Gasteiger partial charge is 0.462 e. The van der Waals surface area contributed by atoms with Crippen molar-refractivity contribution in [1.29, 1.82) is 0 Å². The minimum atomic E-state index is -0.784. The summed E-state index contributed by atoms with van der Waals surface area (Å²) in [4.78, 5) is 37.6.